The molecule has 0 radical (unpaired) electrons. The largest absolute Gasteiger partial charge is 0.341 e. The summed E-state index contributed by atoms with van der Waals surface area (Å²) in [7, 11) is 0. The molecule has 1 atom stereocenters. The summed E-state index contributed by atoms with van der Waals surface area (Å²) in [5.74, 6) is 0.889. The average molecular weight is 184 g/mol. The van der Waals surface area contributed by atoms with Crippen LogP contribution in [0, 0.1) is 5.92 Å². The lowest BCUT2D eigenvalue weighted by atomic mass is 10.2. The normalized spacial score (nSPS) is 22.8. The van der Waals surface area contributed by atoms with Crippen molar-refractivity contribution in [2.24, 2.45) is 5.92 Å². The summed E-state index contributed by atoms with van der Waals surface area (Å²) in [6.45, 7) is 8.91. The van der Waals surface area contributed by atoms with Crippen molar-refractivity contribution in [1.82, 2.24) is 10.2 Å². The van der Waals surface area contributed by atoms with Crippen LogP contribution in [0.15, 0.2) is 0 Å². The zero-order valence-corrected chi connectivity index (χ0v) is 8.84. The molecule has 1 aliphatic heterocycles. The van der Waals surface area contributed by atoms with Crippen LogP contribution in [0.2, 0.25) is 0 Å². The van der Waals surface area contributed by atoms with E-state index in [2.05, 4.69) is 19.2 Å². The van der Waals surface area contributed by atoms with E-state index in [1.807, 2.05) is 4.90 Å². The average Bonchev–Trinajstić information content (AvgIpc) is 2.48. The topological polar surface area (TPSA) is 32.3 Å². The molecular weight excluding hydrogens is 164 g/mol. The van der Waals surface area contributed by atoms with E-state index in [1.54, 1.807) is 6.92 Å². The first-order valence-electron chi connectivity index (χ1n) is 5.08. The van der Waals surface area contributed by atoms with Crippen molar-refractivity contribution in [2.75, 3.05) is 19.6 Å². The second-order valence-corrected chi connectivity index (χ2v) is 4.25. The lowest BCUT2D eigenvalue weighted by Gasteiger charge is -2.16. The Morgan fingerprint density at radius 1 is 1.62 bits per heavy atom. The molecule has 1 N–H and O–H groups in total. The Hall–Kier alpha value is -0.570. The lowest BCUT2D eigenvalue weighted by molar-refractivity contribution is -0.127. The Morgan fingerprint density at radius 2 is 2.31 bits per heavy atom. The van der Waals surface area contributed by atoms with Gasteiger partial charge in [0.2, 0.25) is 5.91 Å². The monoisotopic (exact) mass is 184 g/mol. The smallest absolute Gasteiger partial charge is 0.219 e. The lowest BCUT2D eigenvalue weighted by Crippen LogP contribution is -2.35. The number of nitrogens with zero attached hydrogens (tertiary/aromatic N) is 1. The van der Waals surface area contributed by atoms with Crippen molar-refractivity contribution in [3.63, 3.8) is 0 Å². The van der Waals surface area contributed by atoms with Gasteiger partial charge in [0, 0.05) is 26.1 Å². The minimum Gasteiger partial charge on any atom is -0.341 e. The molecule has 0 aliphatic carbocycles. The van der Waals surface area contributed by atoms with Crippen LogP contribution in [-0.2, 0) is 4.79 Å². The predicted octanol–water partition coefficient (Wildman–Crippen LogP) is 0.853. The third-order valence-corrected chi connectivity index (χ3v) is 2.45. The molecule has 0 saturated carbocycles. The summed E-state index contributed by atoms with van der Waals surface area (Å²) in [6.07, 6.45) is 1.10. The Balaban J connectivity index is 2.21. The Labute approximate surface area is 80.5 Å². The Morgan fingerprint density at radius 3 is 2.77 bits per heavy atom. The van der Waals surface area contributed by atoms with Crippen molar-refractivity contribution in [2.45, 2.75) is 33.2 Å². The van der Waals surface area contributed by atoms with Gasteiger partial charge in [0.1, 0.15) is 0 Å². The van der Waals surface area contributed by atoms with E-state index in [0.29, 0.717) is 12.0 Å². The molecule has 1 saturated heterocycles. The van der Waals surface area contributed by atoms with E-state index in [-0.39, 0.29) is 5.91 Å². The van der Waals surface area contributed by atoms with E-state index < -0.39 is 0 Å². The number of carbonyl (C=O) groups is 1. The first-order valence-corrected chi connectivity index (χ1v) is 5.08. The van der Waals surface area contributed by atoms with Crippen molar-refractivity contribution < 1.29 is 4.79 Å². The molecule has 0 bridgehead atoms. The zero-order chi connectivity index (χ0) is 9.84. The van der Waals surface area contributed by atoms with Crippen LogP contribution >= 0.6 is 0 Å². The van der Waals surface area contributed by atoms with Gasteiger partial charge < -0.3 is 10.2 Å². The highest BCUT2D eigenvalue weighted by Gasteiger charge is 2.23. The van der Waals surface area contributed by atoms with Gasteiger partial charge in [0.25, 0.3) is 0 Å². The van der Waals surface area contributed by atoms with Gasteiger partial charge in [-0.05, 0) is 18.9 Å². The molecule has 1 unspecified atom stereocenters. The molecule has 1 aliphatic rings. The third-order valence-electron chi connectivity index (χ3n) is 2.45. The van der Waals surface area contributed by atoms with Crippen LogP contribution in [0.4, 0.5) is 0 Å². The maximum absolute atomic E-state index is 11.0. The molecule has 0 aromatic carbocycles. The maximum Gasteiger partial charge on any atom is 0.219 e. The second-order valence-electron chi connectivity index (χ2n) is 4.25. The molecule has 3 nitrogen and oxygen atoms in total. The summed E-state index contributed by atoms with van der Waals surface area (Å²) in [5, 5.41) is 3.47. The highest BCUT2D eigenvalue weighted by molar-refractivity contribution is 5.73. The summed E-state index contributed by atoms with van der Waals surface area (Å²) >= 11 is 0. The minimum atomic E-state index is 0.203. The predicted molar refractivity (Wildman–Crippen MR) is 53.5 cm³/mol. The summed E-state index contributed by atoms with van der Waals surface area (Å²) < 4.78 is 0. The number of rotatable bonds is 3. The van der Waals surface area contributed by atoms with Gasteiger partial charge in [0.05, 0.1) is 0 Å². The van der Waals surface area contributed by atoms with Crippen molar-refractivity contribution in [3.8, 4) is 0 Å². The van der Waals surface area contributed by atoms with E-state index in [0.717, 1.165) is 26.1 Å². The van der Waals surface area contributed by atoms with E-state index >= 15 is 0 Å². The van der Waals surface area contributed by atoms with Gasteiger partial charge in [0.15, 0.2) is 0 Å². The molecule has 76 valence electrons. The fourth-order valence-corrected chi connectivity index (χ4v) is 1.62. The quantitative estimate of drug-likeness (QED) is 0.705. The summed E-state index contributed by atoms with van der Waals surface area (Å²) in [5.41, 5.74) is 0. The first-order chi connectivity index (χ1) is 6.09. The maximum atomic E-state index is 11.0. The fourth-order valence-electron chi connectivity index (χ4n) is 1.62. The number of carbonyl (C=O) groups excluding carboxylic acids is 1. The van der Waals surface area contributed by atoms with Gasteiger partial charge in [-0.15, -0.1) is 0 Å². The molecule has 0 spiro atoms. The number of nitrogens with one attached hydrogen (secondary N) is 1. The third kappa shape index (κ3) is 3.35. The van der Waals surface area contributed by atoms with Gasteiger partial charge >= 0.3 is 0 Å². The molecule has 1 amide bonds. The molecule has 1 fully saturated rings. The molecule has 1 rings (SSSR count). The SMILES string of the molecule is CC(=O)N1CCC(NCC(C)C)C1. The summed E-state index contributed by atoms with van der Waals surface area (Å²) in [6, 6.07) is 0.520. The fraction of sp³-hybridized carbons (Fsp3) is 0.900. The van der Waals surface area contributed by atoms with E-state index in [4.69, 9.17) is 0 Å². The Kier molecular flexibility index (Phi) is 3.72. The highest BCUT2D eigenvalue weighted by atomic mass is 16.2. The highest BCUT2D eigenvalue weighted by Crippen LogP contribution is 2.09. The van der Waals surface area contributed by atoms with Gasteiger partial charge in [-0.2, -0.15) is 0 Å². The molecule has 0 aromatic rings. The van der Waals surface area contributed by atoms with Crippen LogP contribution in [0.3, 0.4) is 0 Å². The first kappa shape index (κ1) is 10.5. The minimum absolute atomic E-state index is 0.203. The second kappa shape index (κ2) is 4.61. The Bertz CT molecular complexity index is 180. The number of hydrogen-bond donors (Lipinski definition) is 1. The number of amides is 1. The van der Waals surface area contributed by atoms with Crippen LogP contribution in [0.25, 0.3) is 0 Å². The van der Waals surface area contributed by atoms with E-state index in [9.17, 15) is 4.79 Å². The van der Waals surface area contributed by atoms with Crippen LogP contribution in [0.1, 0.15) is 27.2 Å². The van der Waals surface area contributed by atoms with Gasteiger partial charge in [-0.25, -0.2) is 0 Å². The summed E-state index contributed by atoms with van der Waals surface area (Å²) in [4.78, 5) is 12.9. The molecule has 1 heterocycles. The van der Waals surface area contributed by atoms with Crippen molar-refractivity contribution in [1.29, 1.82) is 0 Å². The molecule has 13 heavy (non-hydrogen) atoms. The number of likely N-dealkylation sites (tertiary alicyclic amines) is 1. The zero-order valence-electron chi connectivity index (χ0n) is 8.84. The standard InChI is InChI=1S/C10H20N2O/c1-8(2)6-11-10-4-5-12(7-10)9(3)13/h8,10-11H,4-7H2,1-3H3. The van der Waals surface area contributed by atoms with E-state index in [1.165, 1.54) is 0 Å². The van der Waals surface area contributed by atoms with Crippen molar-refractivity contribution >= 4 is 5.91 Å². The van der Waals surface area contributed by atoms with Crippen LogP contribution in [-0.4, -0.2) is 36.5 Å². The molecule has 3 heteroatoms. The van der Waals surface area contributed by atoms with Gasteiger partial charge in [-0.1, -0.05) is 13.8 Å². The van der Waals surface area contributed by atoms with Gasteiger partial charge in [-0.3, -0.25) is 4.79 Å². The van der Waals surface area contributed by atoms with Crippen LogP contribution < -0.4 is 5.32 Å². The van der Waals surface area contributed by atoms with Crippen molar-refractivity contribution in [3.05, 3.63) is 0 Å². The molecule has 0 aromatic heterocycles. The number of hydrogen-bond acceptors (Lipinski definition) is 2. The molecular formula is C10H20N2O. The van der Waals surface area contributed by atoms with Crippen LogP contribution in [0.5, 0.6) is 0 Å².